The van der Waals surface area contributed by atoms with Gasteiger partial charge in [0.25, 0.3) is 0 Å². The number of benzene rings is 1. The standard InChI is InChI=1S/C15H20N2O3S/c1-3-21-9-10(2)16-15(20)17-7-6-11-8-12(14(18)19)4-5-13(11)17/h4-5,8,10H,3,6-7,9H2,1-2H3,(H,16,20)(H,18,19). The molecule has 1 unspecified atom stereocenters. The number of aromatic carboxylic acids is 1. The molecular formula is C15H20N2O3S. The predicted molar refractivity (Wildman–Crippen MR) is 85.4 cm³/mol. The van der Waals surface area contributed by atoms with E-state index in [1.807, 2.05) is 6.92 Å². The number of fused-ring (bicyclic) bond motifs is 1. The van der Waals surface area contributed by atoms with Crippen molar-refractivity contribution in [1.82, 2.24) is 5.32 Å². The van der Waals surface area contributed by atoms with E-state index in [2.05, 4.69) is 12.2 Å². The lowest BCUT2D eigenvalue weighted by molar-refractivity contribution is 0.0697. The van der Waals surface area contributed by atoms with Crippen LogP contribution in [0.3, 0.4) is 0 Å². The van der Waals surface area contributed by atoms with Crippen LogP contribution in [0.5, 0.6) is 0 Å². The van der Waals surface area contributed by atoms with Gasteiger partial charge in [-0.3, -0.25) is 4.90 Å². The van der Waals surface area contributed by atoms with Crippen LogP contribution in [-0.4, -0.2) is 41.2 Å². The third kappa shape index (κ3) is 3.69. The maximum absolute atomic E-state index is 12.3. The van der Waals surface area contributed by atoms with Crippen LogP contribution in [0.2, 0.25) is 0 Å². The van der Waals surface area contributed by atoms with Gasteiger partial charge in [0.1, 0.15) is 0 Å². The van der Waals surface area contributed by atoms with E-state index in [9.17, 15) is 9.59 Å². The summed E-state index contributed by atoms with van der Waals surface area (Å²) in [7, 11) is 0. The van der Waals surface area contributed by atoms with E-state index in [-0.39, 0.29) is 17.6 Å². The Morgan fingerprint density at radius 1 is 1.48 bits per heavy atom. The average Bonchev–Trinajstić information content (AvgIpc) is 2.87. The number of amides is 2. The number of nitrogens with zero attached hydrogens (tertiary/aromatic N) is 1. The van der Waals surface area contributed by atoms with E-state index in [0.29, 0.717) is 13.0 Å². The summed E-state index contributed by atoms with van der Waals surface area (Å²) in [6.45, 7) is 4.68. The molecule has 1 heterocycles. The number of hydrogen-bond donors (Lipinski definition) is 2. The summed E-state index contributed by atoms with van der Waals surface area (Å²) in [5, 5.41) is 12.0. The number of carbonyl (C=O) groups excluding carboxylic acids is 1. The summed E-state index contributed by atoms with van der Waals surface area (Å²) in [5.41, 5.74) is 2.00. The van der Waals surface area contributed by atoms with Crippen molar-refractivity contribution < 1.29 is 14.7 Å². The van der Waals surface area contributed by atoms with Gasteiger partial charge in [-0.25, -0.2) is 9.59 Å². The van der Waals surface area contributed by atoms with Gasteiger partial charge < -0.3 is 10.4 Å². The molecule has 1 atom stereocenters. The summed E-state index contributed by atoms with van der Waals surface area (Å²) >= 11 is 1.79. The Labute approximate surface area is 128 Å². The Morgan fingerprint density at radius 2 is 2.24 bits per heavy atom. The highest BCUT2D eigenvalue weighted by molar-refractivity contribution is 7.99. The number of hydrogen-bond acceptors (Lipinski definition) is 3. The second-order valence-corrected chi connectivity index (χ2v) is 6.38. The Kier molecular flexibility index (Phi) is 5.12. The Morgan fingerprint density at radius 3 is 2.90 bits per heavy atom. The first-order valence-electron chi connectivity index (χ1n) is 7.05. The van der Waals surface area contributed by atoms with Gasteiger partial charge in [0.05, 0.1) is 5.56 Å². The molecule has 5 nitrogen and oxygen atoms in total. The van der Waals surface area contributed by atoms with E-state index in [1.165, 1.54) is 0 Å². The van der Waals surface area contributed by atoms with Crippen LogP contribution in [0, 0.1) is 0 Å². The van der Waals surface area contributed by atoms with E-state index < -0.39 is 5.97 Å². The molecule has 0 saturated heterocycles. The Hall–Kier alpha value is -1.69. The van der Waals surface area contributed by atoms with Crippen molar-refractivity contribution in [3.63, 3.8) is 0 Å². The van der Waals surface area contributed by atoms with Crippen molar-refractivity contribution in [2.24, 2.45) is 0 Å². The summed E-state index contributed by atoms with van der Waals surface area (Å²) in [6.07, 6.45) is 0.696. The third-order valence-corrected chi connectivity index (χ3v) is 4.55. The van der Waals surface area contributed by atoms with Crippen LogP contribution in [0.1, 0.15) is 29.8 Å². The summed E-state index contributed by atoms with van der Waals surface area (Å²) in [6, 6.07) is 4.92. The lowest BCUT2D eigenvalue weighted by Crippen LogP contribution is -2.44. The zero-order chi connectivity index (χ0) is 15.4. The SMILES string of the molecule is CCSCC(C)NC(=O)N1CCc2cc(C(=O)O)ccc21. The minimum atomic E-state index is -0.939. The average molecular weight is 308 g/mol. The van der Waals surface area contributed by atoms with Gasteiger partial charge in [-0.15, -0.1) is 0 Å². The second-order valence-electron chi connectivity index (χ2n) is 5.06. The first kappa shape index (κ1) is 15.7. The number of thioether (sulfide) groups is 1. The number of carboxylic acid groups (broad SMARTS) is 1. The lowest BCUT2D eigenvalue weighted by atomic mass is 10.1. The third-order valence-electron chi connectivity index (χ3n) is 3.41. The molecule has 0 aliphatic carbocycles. The highest BCUT2D eigenvalue weighted by atomic mass is 32.2. The van der Waals surface area contributed by atoms with E-state index >= 15 is 0 Å². The van der Waals surface area contributed by atoms with Crippen LogP contribution >= 0.6 is 11.8 Å². The number of urea groups is 1. The molecule has 1 aromatic rings. The number of anilines is 1. The monoisotopic (exact) mass is 308 g/mol. The van der Waals surface area contributed by atoms with Gasteiger partial charge >= 0.3 is 12.0 Å². The molecule has 21 heavy (non-hydrogen) atoms. The molecule has 0 spiro atoms. The summed E-state index contributed by atoms with van der Waals surface area (Å²) in [4.78, 5) is 24.9. The molecule has 0 aromatic heterocycles. The smallest absolute Gasteiger partial charge is 0.335 e. The van der Waals surface area contributed by atoms with E-state index in [0.717, 1.165) is 22.8 Å². The van der Waals surface area contributed by atoms with Gasteiger partial charge in [-0.1, -0.05) is 6.92 Å². The van der Waals surface area contributed by atoms with Crippen LogP contribution in [-0.2, 0) is 6.42 Å². The number of rotatable bonds is 5. The van der Waals surface area contributed by atoms with Gasteiger partial charge in [0.2, 0.25) is 0 Å². The maximum Gasteiger partial charge on any atom is 0.335 e. The molecule has 2 rings (SSSR count). The van der Waals surface area contributed by atoms with Gasteiger partial charge in [0, 0.05) is 24.0 Å². The van der Waals surface area contributed by atoms with Crippen molar-refractivity contribution in [3.8, 4) is 0 Å². The zero-order valence-electron chi connectivity index (χ0n) is 12.3. The van der Waals surface area contributed by atoms with Gasteiger partial charge in [-0.05, 0) is 42.9 Å². The van der Waals surface area contributed by atoms with Crippen LogP contribution in [0.15, 0.2) is 18.2 Å². The summed E-state index contributed by atoms with van der Waals surface area (Å²) < 4.78 is 0. The molecule has 0 radical (unpaired) electrons. The second kappa shape index (κ2) is 6.85. The molecule has 1 aromatic carbocycles. The molecule has 1 aliphatic rings. The minimum absolute atomic E-state index is 0.110. The fourth-order valence-electron chi connectivity index (χ4n) is 2.37. The highest BCUT2D eigenvalue weighted by Gasteiger charge is 2.26. The van der Waals surface area contributed by atoms with Crippen molar-refractivity contribution in [2.45, 2.75) is 26.3 Å². The van der Waals surface area contributed by atoms with E-state index in [4.69, 9.17) is 5.11 Å². The van der Waals surface area contributed by atoms with Crippen molar-refractivity contribution >= 4 is 29.4 Å². The molecular weight excluding hydrogens is 288 g/mol. The highest BCUT2D eigenvalue weighted by Crippen LogP contribution is 2.29. The zero-order valence-corrected chi connectivity index (χ0v) is 13.1. The molecule has 0 fully saturated rings. The first-order valence-corrected chi connectivity index (χ1v) is 8.20. The van der Waals surface area contributed by atoms with E-state index in [1.54, 1.807) is 34.9 Å². The molecule has 114 valence electrons. The first-order chi connectivity index (χ1) is 10.0. The fraction of sp³-hybridized carbons (Fsp3) is 0.467. The topological polar surface area (TPSA) is 69.6 Å². The van der Waals surface area contributed by atoms with Crippen LogP contribution in [0.25, 0.3) is 0 Å². The van der Waals surface area contributed by atoms with Gasteiger partial charge in [0.15, 0.2) is 0 Å². The Balaban J connectivity index is 2.05. The Bertz CT molecular complexity index is 548. The molecule has 1 aliphatic heterocycles. The maximum atomic E-state index is 12.3. The van der Waals surface area contributed by atoms with Crippen molar-refractivity contribution in [3.05, 3.63) is 29.3 Å². The lowest BCUT2D eigenvalue weighted by Gasteiger charge is -2.21. The normalized spacial score (nSPS) is 14.7. The quantitative estimate of drug-likeness (QED) is 0.877. The molecule has 0 bridgehead atoms. The molecule has 0 saturated carbocycles. The van der Waals surface area contributed by atoms with Gasteiger partial charge in [-0.2, -0.15) is 11.8 Å². The fourth-order valence-corrected chi connectivity index (χ4v) is 3.04. The minimum Gasteiger partial charge on any atom is -0.478 e. The molecule has 6 heteroatoms. The number of nitrogens with one attached hydrogen (secondary N) is 1. The van der Waals surface area contributed by atoms with Crippen molar-refractivity contribution in [1.29, 1.82) is 0 Å². The number of carboxylic acids is 1. The van der Waals surface area contributed by atoms with Crippen LogP contribution < -0.4 is 10.2 Å². The molecule has 2 amide bonds. The summed E-state index contributed by atoms with van der Waals surface area (Å²) in [5.74, 6) is 0.983. The van der Waals surface area contributed by atoms with Crippen molar-refractivity contribution in [2.75, 3.05) is 23.0 Å². The molecule has 2 N–H and O–H groups in total. The largest absolute Gasteiger partial charge is 0.478 e. The predicted octanol–water partition coefficient (Wildman–Crippen LogP) is 2.60. The van der Waals surface area contributed by atoms with Crippen LogP contribution in [0.4, 0.5) is 10.5 Å². The number of carbonyl (C=O) groups is 2.